The van der Waals surface area contributed by atoms with E-state index in [4.69, 9.17) is 28.9 Å². The normalized spacial score (nSPS) is 14.5. The van der Waals surface area contributed by atoms with Gasteiger partial charge < -0.3 is 10.5 Å². The molecule has 4 rings (SSSR count). The topological polar surface area (TPSA) is 142 Å². The van der Waals surface area contributed by atoms with E-state index in [0.717, 1.165) is 22.7 Å². The number of cyclic esters (lactones) is 2. The van der Waals surface area contributed by atoms with E-state index in [9.17, 15) is 19.2 Å². The molecule has 0 fully saturated rings. The van der Waals surface area contributed by atoms with Crippen molar-refractivity contribution >= 4 is 58.6 Å². The molecule has 0 aliphatic carbocycles. The van der Waals surface area contributed by atoms with Gasteiger partial charge in [-0.3, -0.25) is 19.0 Å². The molecule has 2 aromatic rings. The lowest BCUT2D eigenvalue weighted by Gasteiger charge is -2.09. The van der Waals surface area contributed by atoms with Gasteiger partial charge in [-0.15, -0.1) is 0 Å². The molecular formula is C28H34Cl2N6O5. The minimum Gasteiger partial charge on any atom is -0.385 e. The van der Waals surface area contributed by atoms with E-state index in [1.807, 2.05) is 31.6 Å². The quantitative estimate of drug-likeness (QED) is 0.229. The smallest absolute Gasteiger partial charge is 0.358 e. The van der Waals surface area contributed by atoms with Gasteiger partial charge in [-0.1, -0.05) is 46.5 Å². The van der Waals surface area contributed by atoms with Crippen LogP contribution in [0.15, 0.2) is 56.6 Å². The lowest BCUT2D eigenvalue weighted by atomic mass is 10.2. The summed E-state index contributed by atoms with van der Waals surface area (Å²) in [4.78, 5) is 45.8. The summed E-state index contributed by atoms with van der Waals surface area (Å²) in [5.41, 5.74) is 10.5. The molecule has 0 saturated carbocycles. The zero-order chi connectivity index (χ0) is 31.2. The fourth-order valence-electron chi connectivity index (χ4n) is 3.40. The van der Waals surface area contributed by atoms with Gasteiger partial charge >= 0.3 is 11.9 Å². The fourth-order valence-corrected chi connectivity index (χ4v) is 3.68. The van der Waals surface area contributed by atoms with Gasteiger partial charge in [-0.2, -0.15) is 10.2 Å². The van der Waals surface area contributed by atoms with E-state index >= 15 is 0 Å². The first-order valence-corrected chi connectivity index (χ1v) is 13.3. The third-order valence-corrected chi connectivity index (χ3v) is 6.75. The molecule has 0 atom stereocenters. The predicted octanol–water partition coefficient (Wildman–Crippen LogP) is 4.41. The van der Waals surface area contributed by atoms with Crippen molar-refractivity contribution in [1.29, 1.82) is 0 Å². The minimum absolute atomic E-state index is 0.0356. The van der Waals surface area contributed by atoms with E-state index in [-0.39, 0.29) is 21.2 Å². The highest BCUT2D eigenvalue weighted by Crippen LogP contribution is 2.28. The van der Waals surface area contributed by atoms with Crippen molar-refractivity contribution < 1.29 is 23.9 Å². The number of carbonyl (C=O) groups excluding carboxylic acids is 4. The van der Waals surface area contributed by atoms with E-state index in [1.54, 1.807) is 17.8 Å². The molecule has 13 heteroatoms. The maximum absolute atomic E-state index is 12.0. The van der Waals surface area contributed by atoms with E-state index < -0.39 is 23.8 Å². The molecule has 0 radical (unpaired) electrons. The summed E-state index contributed by atoms with van der Waals surface area (Å²) in [7, 11) is 3.69. The monoisotopic (exact) mass is 604 g/mol. The Hall–Kier alpha value is -3.96. The molecule has 0 unspecified atom stereocenters. The van der Waals surface area contributed by atoms with Crippen LogP contribution in [0.4, 0.5) is 11.6 Å². The summed E-state index contributed by atoms with van der Waals surface area (Å²) < 4.78 is 7.58. The van der Waals surface area contributed by atoms with E-state index in [2.05, 4.69) is 40.9 Å². The van der Waals surface area contributed by atoms with Crippen LogP contribution in [0.1, 0.15) is 52.9 Å². The number of nitrogens with zero attached hydrogens (tertiary/aromatic N) is 5. The van der Waals surface area contributed by atoms with Gasteiger partial charge in [-0.25, -0.2) is 14.5 Å². The largest absolute Gasteiger partial charge is 0.385 e. The van der Waals surface area contributed by atoms with Crippen LogP contribution in [0.3, 0.4) is 0 Å². The molecule has 0 aromatic carbocycles. The molecule has 2 aliphatic heterocycles. The van der Waals surface area contributed by atoms with Gasteiger partial charge in [0.2, 0.25) is 0 Å². The molecule has 2 amide bonds. The number of hydrogen-bond acceptors (Lipinski definition) is 8. The fraction of sp³-hybridized carbons (Fsp3) is 0.357. The maximum atomic E-state index is 12.0. The van der Waals surface area contributed by atoms with Crippen LogP contribution >= 0.6 is 23.2 Å². The van der Waals surface area contributed by atoms with Crippen LogP contribution in [0.5, 0.6) is 0 Å². The number of ether oxygens (including phenoxy) is 1. The average molecular weight is 606 g/mol. The SMILES string of the molecule is CC(C)=CCc1cc(N)nn1C.CC(C)=CCc1cc(N2C(=O)C(C)=C(Cl)C2=O)nn1C.CC1=C(Cl)C(=O)OC1=O. The lowest BCUT2D eigenvalue weighted by Crippen LogP contribution is -2.31. The second-order valence-electron chi connectivity index (χ2n) is 9.77. The lowest BCUT2D eigenvalue weighted by molar-refractivity contribution is -0.150. The third kappa shape index (κ3) is 8.51. The summed E-state index contributed by atoms with van der Waals surface area (Å²) in [6, 6.07) is 3.64. The number of aryl methyl sites for hydroxylation is 2. The van der Waals surface area contributed by atoms with Crippen molar-refractivity contribution in [1.82, 2.24) is 19.6 Å². The van der Waals surface area contributed by atoms with Crippen molar-refractivity contribution in [2.75, 3.05) is 10.6 Å². The van der Waals surface area contributed by atoms with Crippen molar-refractivity contribution in [3.05, 3.63) is 68.0 Å². The van der Waals surface area contributed by atoms with Crippen LogP contribution in [0.25, 0.3) is 0 Å². The first-order chi connectivity index (χ1) is 19.0. The number of imide groups is 1. The molecular weight excluding hydrogens is 571 g/mol. The Balaban J connectivity index is 0.000000237. The van der Waals surface area contributed by atoms with Crippen LogP contribution in [0, 0.1) is 0 Å². The number of nitrogens with two attached hydrogens (primary N) is 1. The van der Waals surface area contributed by atoms with Gasteiger partial charge in [0.25, 0.3) is 11.8 Å². The third-order valence-electron chi connectivity index (χ3n) is 5.87. The Kier molecular flexibility index (Phi) is 11.4. The van der Waals surface area contributed by atoms with Crippen LogP contribution in [-0.4, -0.2) is 43.3 Å². The number of halogens is 2. The molecule has 2 aromatic heterocycles. The summed E-state index contributed by atoms with van der Waals surface area (Å²) in [5, 5.41) is 8.13. The van der Waals surface area contributed by atoms with Crippen LogP contribution in [0.2, 0.25) is 0 Å². The number of amides is 2. The highest BCUT2D eigenvalue weighted by molar-refractivity contribution is 6.52. The Morgan fingerprint density at radius 3 is 1.66 bits per heavy atom. The van der Waals surface area contributed by atoms with Crippen LogP contribution < -0.4 is 10.6 Å². The Bertz CT molecular complexity index is 1460. The molecule has 0 bridgehead atoms. The molecule has 11 nitrogen and oxygen atoms in total. The Morgan fingerprint density at radius 2 is 1.32 bits per heavy atom. The average Bonchev–Trinajstić information content (AvgIpc) is 3.55. The van der Waals surface area contributed by atoms with Gasteiger partial charge in [-0.05, 0) is 41.5 Å². The molecule has 220 valence electrons. The maximum Gasteiger partial charge on any atom is 0.358 e. The Morgan fingerprint density at radius 1 is 0.805 bits per heavy atom. The first kappa shape index (κ1) is 33.2. The summed E-state index contributed by atoms with van der Waals surface area (Å²) >= 11 is 11.1. The predicted molar refractivity (Wildman–Crippen MR) is 158 cm³/mol. The molecule has 0 saturated heterocycles. The molecule has 2 aliphatic rings. The molecule has 4 heterocycles. The number of rotatable bonds is 5. The van der Waals surface area contributed by atoms with Crippen LogP contribution in [-0.2, 0) is 50.9 Å². The minimum atomic E-state index is -0.751. The molecule has 41 heavy (non-hydrogen) atoms. The van der Waals surface area contributed by atoms with Crippen molar-refractivity contribution in [3.8, 4) is 0 Å². The second kappa shape index (κ2) is 14.1. The number of allylic oxidation sites excluding steroid dienone is 4. The van der Waals surface area contributed by atoms with Gasteiger partial charge in [0.15, 0.2) is 5.82 Å². The number of nitrogen functional groups attached to an aromatic ring is 1. The molecule has 0 spiro atoms. The van der Waals surface area contributed by atoms with E-state index in [1.165, 1.54) is 25.0 Å². The standard InChI is InChI=1S/C14H16ClN3O2.C9H15N3.C5H3ClO3/c1-8(2)5-6-10-7-11(16-17(10)4)18-13(19)9(3)12(15)14(18)20;1-7(2)4-5-8-6-9(10)11-12(8)3;1-2-3(6)5(8)9-4(2)7/h5,7H,6H2,1-4H3;4,6H,5H2,1-3H3,(H2,10,11);1H3. The number of esters is 2. The highest BCUT2D eigenvalue weighted by Gasteiger charge is 2.37. The number of anilines is 2. The summed E-state index contributed by atoms with van der Waals surface area (Å²) in [6.07, 6.45) is 5.83. The summed E-state index contributed by atoms with van der Waals surface area (Å²) in [6.45, 7) is 11.2. The zero-order valence-electron chi connectivity index (χ0n) is 24.3. The second-order valence-corrected chi connectivity index (χ2v) is 10.5. The van der Waals surface area contributed by atoms with Gasteiger partial charge in [0.1, 0.15) is 15.9 Å². The highest BCUT2D eigenvalue weighted by atomic mass is 35.5. The van der Waals surface area contributed by atoms with Crippen molar-refractivity contribution in [2.45, 2.75) is 54.4 Å². The first-order valence-electron chi connectivity index (χ1n) is 12.5. The van der Waals surface area contributed by atoms with Crippen molar-refractivity contribution in [2.24, 2.45) is 14.1 Å². The summed E-state index contributed by atoms with van der Waals surface area (Å²) in [5.74, 6) is -1.42. The number of aromatic nitrogens is 4. The zero-order valence-corrected chi connectivity index (χ0v) is 25.8. The Labute approximate surface area is 248 Å². The number of carbonyl (C=O) groups is 4. The van der Waals surface area contributed by atoms with Gasteiger partial charge in [0, 0.05) is 56.0 Å². The molecule has 2 N–H and O–H groups in total. The number of hydrogen-bond donors (Lipinski definition) is 1. The van der Waals surface area contributed by atoms with Crippen molar-refractivity contribution in [3.63, 3.8) is 0 Å². The van der Waals surface area contributed by atoms with E-state index in [0.29, 0.717) is 18.1 Å². The van der Waals surface area contributed by atoms with Gasteiger partial charge in [0.05, 0.1) is 5.57 Å².